The molecule has 2 rings (SSSR count). The summed E-state index contributed by atoms with van der Waals surface area (Å²) in [6.07, 6.45) is 0.753. The average molecular weight is 218 g/mol. The molecular weight excluding hydrogens is 200 g/mol. The summed E-state index contributed by atoms with van der Waals surface area (Å²) in [5.41, 5.74) is 3.05. The second-order valence-electron chi connectivity index (χ2n) is 4.74. The lowest BCUT2D eigenvalue weighted by atomic mass is 9.93. The fourth-order valence-electron chi connectivity index (χ4n) is 2.27. The molecule has 0 bridgehead atoms. The highest BCUT2D eigenvalue weighted by atomic mass is 16.5. The summed E-state index contributed by atoms with van der Waals surface area (Å²) < 4.78 is 5.52. The number of Topliss-reactive ketones (excluding diaryl/α,β-unsaturated/α-hetero) is 1. The maximum atomic E-state index is 12.3. The van der Waals surface area contributed by atoms with E-state index in [1.165, 1.54) is 5.56 Å². The molecule has 0 saturated carbocycles. The fourth-order valence-corrected chi connectivity index (χ4v) is 2.27. The third-order valence-electron chi connectivity index (χ3n) is 3.29. The summed E-state index contributed by atoms with van der Waals surface area (Å²) in [6, 6.07) is 5.95. The molecule has 1 aliphatic heterocycles. The quantitative estimate of drug-likeness (QED) is 0.713. The fraction of sp³-hybridized carbons (Fsp3) is 0.500. The third-order valence-corrected chi connectivity index (χ3v) is 3.29. The second-order valence-corrected chi connectivity index (χ2v) is 4.74. The zero-order valence-corrected chi connectivity index (χ0v) is 10.1. The normalized spacial score (nSPS) is 24.7. The number of ether oxygens (including phenoxy) is 1. The molecule has 2 unspecified atom stereocenters. The lowest BCUT2D eigenvalue weighted by molar-refractivity contribution is 0.0579. The van der Waals surface area contributed by atoms with Gasteiger partial charge in [-0.05, 0) is 31.7 Å². The van der Waals surface area contributed by atoms with Crippen molar-refractivity contribution in [1.29, 1.82) is 0 Å². The number of hydrogen-bond acceptors (Lipinski definition) is 2. The lowest BCUT2D eigenvalue weighted by Crippen LogP contribution is -2.25. The molecule has 1 aliphatic rings. The summed E-state index contributed by atoms with van der Waals surface area (Å²) in [5, 5.41) is 0. The van der Waals surface area contributed by atoms with Crippen molar-refractivity contribution in [3.05, 3.63) is 34.9 Å². The Morgan fingerprint density at radius 1 is 1.38 bits per heavy atom. The number of aryl methyl sites for hydroxylation is 2. The molecule has 86 valence electrons. The minimum Gasteiger partial charge on any atom is -0.370 e. The van der Waals surface area contributed by atoms with Gasteiger partial charge in [0.2, 0.25) is 0 Å². The molecule has 16 heavy (non-hydrogen) atoms. The second kappa shape index (κ2) is 4.38. The highest BCUT2D eigenvalue weighted by molar-refractivity contribution is 6.01. The highest BCUT2D eigenvalue weighted by Gasteiger charge is 2.31. The molecule has 2 atom stereocenters. The van der Waals surface area contributed by atoms with E-state index in [0.29, 0.717) is 12.5 Å². The first-order valence-electron chi connectivity index (χ1n) is 5.82. The van der Waals surface area contributed by atoms with Gasteiger partial charge in [0.1, 0.15) is 6.10 Å². The highest BCUT2D eigenvalue weighted by Crippen LogP contribution is 2.25. The van der Waals surface area contributed by atoms with Crippen molar-refractivity contribution >= 4 is 5.78 Å². The number of carbonyl (C=O) groups is 1. The average Bonchev–Trinajstić information content (AvgIpc) is 2.63. The van der Waals surface area contributed by atoms with Gasteiger partial charge in [-0.2, -0.15) is 0 Å². The minimum absolute atomic E-state index is 0.141. The molecule has 2 nitrogen and oxygen atoms in total. The van der Waals surface area contributed by atoms with Crippen LogP contribution in [0.3, 0.4) is 0 Å². The van der Waals surface area contributed by atoms with E-state index >= 15 is 0 Å². The zero-order valence-electron chi connectivity index (χ0n) is 10.1. The molecule has 1 aromatic rings. The van der Waals surface area contributed by atoms with Crippen LogP contribution in [0.4, 0.5) is 0 Å². The van der Waals surface area contributed by atoms with Crippen LogP contribution in [0.25, 0.3) is 0 Å². The Hall–Kier alpha value is -1.15. The van der Waals surface area contributed by atoms with Crippen molar-refractivity contribution < 1.29 is 9.53 Å². The van der Waals surface area contributed by atoms with Crippen LogP contribution in [-0.4, -0.2) is 18.5 Å². The summed E-state index contributed by atoms with van der Waals surface area (Å²) >= 11 is 0. The van der Waals surface area contributed by atoms with Gasteiger partial charge in [0.05, 0.1) is 0 Å². The van der Waals surface area contributed by atoms with Gasteiger partial charge in [-0.15, -0.1) is 0 Å². The summed E-state index contributed by atoms with van der Waals surface area (Å²) in [5.74, 6) is 0.482. The molecule has 0 spiro atoms. The Morgan fingerprint density at radius 2 is 2.12 bits per heavy atom. The number of ketones is 1. The number of rotatable bonds is 2. The molecule has 0 aliphatic carbocycles. The summed E-state index contributed by atoms with van der Waals surface area (Å²) in [6.45, 7) is 6.82. The van der Waals surface area contributed by atoms with Crippen LogP contribution >= 0.6 is 0 Å². The Morgan fingerprint density at radius 3 is 2.69 bits per heavy atom. The maximum absolute atomic E-state index is 12.3. The van der Waals surface area contributed by atoms with Crippen LogP contribution in [0.5, 0.6) is 0 Å². The number of hydrogen-bond donors (Lipinski definition) is 0. The van der Waals surface area contributed by atoms with Crippen molar-refractivity contribution in [3.8, 4) is 0 Å². The van der Waals surface area contributed by atoms with Gasteiger partial charge in [-0.25, -0.2) is 0 Å². The van der Waals surface area contributed by atoms with E-state index in [1.54, 1.807) is 0 Å². The number of carbonyl (C=O) groups excluding carboxylic acids is 1. The van der Waals surface area contributed by atoms with Gasteiger partial charge in [-0.1, -0.05) is 30.7 Å². The first-order chi connectivity index (χ1) is 7.59. The van der Waals surface area contributed by atoms with Crippen molar-refractivity contribution in [2.45, 2.75) is 33.3 Å². The Kier molecular flexibility index (Phi) is 3.10. The van der Waals surface area contributed by atoms with Crippen LogP contribution in [-0.2, 0) is 4.74 Å². The van der Waals surface area contributed by atoms with E-state index in [9.17, 15) is 4.79 Å². The van der Waals surface area contributed by atoms with Gasteiger partial charge in [0.25, 0.3) is 0 Å². The van der Waals surface area contributed by atoms with Gasteiger partial charge < -0.3 is 4.74 Å². The largest absolute Gasteiger partial charge is 0.370 e. The Labute approximate surface area is 96.6 Å². The van der Waals surface area contributed by atoms with Crippen LogP contribution in [0, 0.1) is 19.8 Å². The SMILES string of the molecule is Cc1ccc(C(=O)C2OCCC2C)c(C)c1. The topological polar surface area (TPSA) is 26.3 Å². The molecule has 0 radical (unpaired) electrons. The first-order valence-corrected chi connectivity index (χ1v) is 5.82. The van der Waals surface area contributed by atoms with Crippen molar-refractivity contribution in [1.82, 2.24) is 0 Å². The summed E-state index contributed by atoms with van der Waals surface area (Å²) in [7, 11) is 0. The molecule has 1 aromatic carbocycles. The smallest absolute Gasteiger partial charge is 0.192 e. The van der Waals surface area contributed by atoms with E-state index in [-0.39, 0.29) is 11.9 Å². The molecule has 2 heteroatoms. The number of benzene rings is 1. The lowest BCUT2D eigenvalue weighted by Gasteiger charge is -2.15. The van der Waals surface area contributed by atoms with Gasteiger partial charge in [-0.3, -0.25) is 4.79 Å². The molecule has 1 heterocycles. The minimum atomic E-state index is -0.235. The van der Waals surface area contributed by atoms with Crippen LogP contribution in [0.1, 0.15) is 34.8 Å². The zero-order chi connectivity index (χ0) is 11.7. The molecule has 1 saturated heterocycles. The van der Waals surface area contributed by atoms with Gasteiger partial charge in [0.15, 0.2) is 5.78 Å². The van der Waals surface area contributed by atoms with Gasteiger partial charge in [0, 0.05) is 12.2 Å². The Balaban J connectivity index is 2.27. The van der Waals surface area contributed by atoms with Crippen molar-refractivity contribution in [3.63, 3.8) is 0 Å². The standard InChI is InChI=1S/C14H18O2/c1-9-4-5-12(11(3)8-9)13(15)14-10(2)6-7-16-14/h4-5,8,10,14H,6-7H2,1-3H3. The maximum Gasteiger partial charge on any atom is 0.192 e. The van der Waals surface area contributed by atoms with Crippen LogP contribution in [0.15, 0.2) is 18.2 Å². The van der Waals surface area contributed by atoms with Gasteiger partial charge >= 0.3 is 0 Å². The predicted molar refractivity (Wildman–Crippen MR) is 63.8 cm³/mol. The Bertz CT molecular complexity index is 409. The van der Waals surface area contributed by atoms with E-state index in [1.807, 2.05) is 32.0 Å². The van der Waals surface area contributed by atoms with Crippen molar-refractivity contribution in [2.24, 2.45) is 5.92 Å². The van der Waals surface area contributed by atoms with E-state index in [0.717, 1.165) is 17.5 Å². The van der Waals surface area contributed by atoms with Crippen molar-refractivity contribution in [2.75, 3.05) is 6.61 Å². The molecule has 0 N–H and O–H groups in total. The summed E-state index contributed by atoms with van der Waals surface area (Å²) in [4.78, 5) is 12.3. The van der Waals surface area contributed by atoms with E-state index in [2.05, 4.69) is 6.92 Å². The molecule has 0 amide bonds. The molecular formula is C14H18O2. The monoisotopic (exact) mass is 218 g/mol. The molecule has 1 fully saturated rings. The van der Waals surface area contributed by atoms with E-state index < -0.39 is 0 Å². The first kappa shape index (κ1) is 11.3. The molecule has 0 aromatic heterocycles. The third kappa shape index (κ3) is 2.03. The predicted octanol–water partition coefficient (Wildman–Crippen LogP) is 2.91. The van der Waals surface area contributed by atoms with Crippen LogP contribution < -0.4 is 0 Å². The van der Waals surface area contributed by atoms with E-state index in [4.69, 9.17) is 4.74 Å². The van der Waals surface area contributed by atoms with Crippen LogP contribution in [0.2, 0.25) is 0 Å².